The molecule has 3 aromatic carbocycles. The molecule has 112 valence electrons. The molecule has 0 aromatic heterocycles. The van der Waals surface area contributed by atoms with Gasteiger partial charge in [0.2, 0.25) is 0 Å². The minimum atomic E-state index is 0.569. The molecule has 0 saturated carbocycles. The molecule has 0 unspecified atom stereocenters. The van der Waals surface area contributed by atoms with Crippen LogP contribution in [-0.4, -0.2) is 7.05 Å². The summed E-state index contributed by atoms with van der Waals surface area (Å²) in [4.78, 5) is 0. The Balaban J connectivity index is 1.85. The smallest absolute Gasteiger partial charge is 0.124 e. The van der Waals surface area contributed by atoms with E-state index in [1.807, 2.05) is 19.2 Å². The van der Waals surface area contributed by atoms with Crippen LogP contribution < -0.4 is 10.1 Å². The molecule has 0 bridgehead atoms. The Kier molecular flexibility index (Phi) is 4.76. The summed E-state index contributed by atoms with van der Waals surface area (Å²) in [5, 5.41) is 5.67. The van der Waals surface area contributed by atoms with Crippen molar-refractivity contribution in [3.8, 4) is 5.75 Å². The lowest BCUT2D eigenvalue weighted by molar-refractivity contribution is 0.304. The third-order valence-corrected chi connectivity index (χ3v) is 4.15. The standard InChI is InChI=1S/C19H18BrNO/c1-21-12-16-11-17(20)9-10-19(16)22-13-15-7-4-6-14-5-2-3-8-18(14)15/h2-11,21H,12-13H2,1H3. The average Bonchev–Trinajstić information content (AvgIpc) is 2.54. The highest BCUT2D eigenvalue weighted by molar-refractivity contribution is 9.10. The molecule has 2 nitrogen and oxygen atoms in total. The maximum Gasteiger partial charge on any atom is 0.124 e. The number of rotatable bonds is 5. The van der Waals surface area contributed by atoms with Gasteiger partial charge in [-0.2, -0.15) is 0 Å². The van der Waals surface area contributed by atoms with Gasteiger partial charge >= 0.3 is 0 Å². The molecule has 0 saturated heterocycles. The van der Waals surface area contributed by atoms with E-state index in [4.69, 9.17) is 4.74 Å². The van der Waals surface area contributed by atoms with E-state index >= 15 is 0 Å². The molecule has 22 heavy (non-hydrogen) atoms. The monoisotopic (exact) mass is 355 g/mol. The summed E-state index contributed by atoms with van der Waals surface area (Å²) >= 11 is 3.51. The molecule has 0 heterocycles. The first kappa shape index (κ1) is 15.1. The predicted octanol–water partition coefficient (Wildman–Crippen LogP) is 4.90. The van der Waals surface area contributed by atoms with Crippen LogP contribution in [0.2, 0.25) is 0 Å². The fourth-order valence-corrected chi connectivity index (χ4v) is 3.00. The van der Waals surface area contributed by atoms with Gasteiger partial charge in [0, 0.05) is 16.6 Å². The molecule has 0 radical (unpaired) electrons. The number of benzene rings is 3. The van der Waals surface area contributed by atoms with Crippen LogP contribution in [0.1, 0.15) is 11.1 Å². The molecule has 3 aromatic rings. The number of fused-ring (bicyclic) bond motifs is 1. The highest BCUT2D eigenvalue weighted by Crippen LogP contribution is 2.25. The van der Waals surface area contributed by atoms with E-state index in [1.54, 1.807) is 0 Å². The molecule has 0 fully saturated rings. The molecule has 0 spiro atoms. The molecule has 1 N–H and O–H groups in total. The highest BCUT2D eigenvalue weighted by atomic mass is 79.9. The Bertz CT molecular complexity index is 780. The van der Waals surface area contributed by atoms with Crippen LogP contribution in [0.15, 0.2) is 65.1 Å². The van der Waals surface area contributed by atoms with Gasteiger partial charge in [0.1, 0.15) is 12.4 Å². The summed E-state index contributed by atoms with van der Waals surface area (Å²) in [5.74, 6) is 0.922. The summed E-state index contributed by atoms with van der Waals surface area (Å²) in [6.45, 7) is 1.35. The SMILES string of the molecule is CNCc1cc(Br)ccc1OCc1cccc2ccccc12. The van der Waals surface area contributed by atoms with Crippen LogP contribution in [0.5, 0.6) is 5.75 Å². The Morgan fingerprint density at radius 1 is 0.955 bits per heavy atom. The lowest BCUT2D eigenvalue weighted by atomic mass is 10.1. The van der Waals surface area contributed by atoms with Gasteiger partial charge in [-0.1, -0.05) is 58.4 Å². The van der Waals surface area contributed by atoms with Gasteiger partial charge < -0.3 is 10.1 Å². The van der Waals surface area contributed by atoms with Crippen LogP contribution in [0, 0.1) is 0 Å². The van der Waals surface area contributed by atoms with E-state index in [0.29, 0.717) is 6.61 Å². The van der Waals surface area contributed by atoms with Crippen molar-refractivity contribution in [2.75, 3.05) is 7.05 Å². The molecule has 3 heteroatoms. The maximum absolute atomic E-state index is 6.08. The average molecular weight is 356 g/mol. The molecule has 0 atom stereocenters. The van der Waals surface area contributed by atoms with Crippen LogP contribution in [0.25, 0.3) is 10.8 Å². The van der Waals surface area contributed by atoms with Crippen molar-refractivity contribution < 1.29 is 4.74 Å². The van der Waals surface area contributed by atoms with Crippen molar-refractivity contribution in [2.24, 2.45) is 0 Å². The summed E-state index contributed by atoms with van der Waals surface area (Å²) in [5.41, 5.74) is 2.36. The van der Waals surface area contributed by atoms with Gasteiger partial charge in [-0.25, -0.2) is 0 Å². The number of hydrogen-bond donors (Lipinski definition) is 1. The molecular formula is C19H18BrNO. The summed E-state index contributed by atoms with van der Waals surface area (Å²) in [6.07, 6.45) is 0. The van der Waals surface area contributed by atoms with Crippen molar-refractivity contribution >= 4 is 26.7 Å². The summed E-state index contributed by atoms with van der Waals surface area (Å²) in [6, 6.07) is 20.9. The second-order valence-corrected chi connectivity index (χ2v) is 6.12. The molecule has 0 aliphatic rings. The van der Waals surface area contributed by atoms with Crippen molar-refractivity contribution in [3.63, 3.8) is 0 Å². The molecule has 3 rings (SSSR count). The van der Waals surface area contributed by atoms with Crippen molar-refractivity contribution in [2.45, 2.75) is 13.2 Å². The Morgan fingerprint density at radius 3 is 2.64 bits per heavy atom. The predicted molar refractivity (Wildman–Crippen MR) is 95.2 cm³/mol. The van der Waals surface area contributed by atoms with Crippen molar-refractivity contribution in [1.29, 1.82) is 0 Å². The van der Waals surface area contributed by atoms with E-state index in [0.717, 1.165) is 22.3 Å². The fraction of sp³-hybridized carbons (Fsp3) is 0.158. The van der Waals surface area contributed by atoms with E-state index in [-0.39, 0.29) is 0 Å². The van der Waals surface area contributed by atoms with Crippen molar-refractivity contribution in [1.82, 2.24) is 5.32 Å². The minimum Gasteiger partial charge on any atom is -0.489 e. The second-order valence-electron chi connectivity index (χ2n) is 5.21. The van der Waals surface area contributed by atoms with Gasteiger partial charge in [0.05, 0.1) is 0 Å². The highest BCUT2D eigenvalue weighted by Gasteiger charge is 2.06. The first-order chi connectivity index (χ1) is 10.8. The topological polar surface area (TPSA) is 21.3 Å². The van der Waals surface area contributed by atoms with Crippen LogP contribution in [0.3, 0.4) is 0 Å². The van der Waals surface area contributed by atoms with E-state index in [1.165, 1.54) is 16.3 Å². The normalized spacial score (nSPS) is 10.8. The zero-order chi connectivity index (χ0) is 15.4. The van der Waals surface area contributed by atoms with Crippen molar-refractivity contribution in [3.05, 3.63) is 76.3 Å². The zero-order valence-corrected chi connectivity index (χ0v) is 14.1. The Labute approximate surface area is 139 Å². The van der Waals surface area contributed by atoms with E-state index in [2.05, 4.69) is 69.8 Å². The summed E-state index contributed by atoms with van der Waals surface area (Å²) in [7, 11) is 1.94. The fourth-order valence-electron chi connectivity index (χ4n) is 2.59. The second kappa shape index (κ2) is 6.95. The number of ether oxygens (including phenoxy) is 1. The Morgan fingerprint density at radius 2 is 1.77 bits per heavy atom. The lowest BCUT2D eigenvalue weighted by Gasteiger charge is -2.13. The quantitative estimate of drug-likeness (QED) is 0.702. The van der Waals surface area contributed by atoms with Gasteiger partial charge in [-0.3, -0.25) is 0 Å². The van der Waals surface area contributed by atoms with Crippen LogP contribution in [-0.2, 0) is 13.2 Å². The lowest BCUT2D eigenvalue weighted by Crippen LogP contribution is -2.07. The molecule has 0 aliphatic heterocycles. The number of hydrogen-bond acceptors (Lipinski definition) is 2. The first-order valence-corrected chi connectivity index (χ1v) is 8.09. The third kappa shape index (κ3) is 3.32. The number of nitrogens with one attached hydrogen (secondary N) is 1. The van der Waals surface area contributed by atoms with Gasteiger partial charge in [0.15, 0.2) is 0 Å². The molecule has 0 amide bonds. The zero-order valence-electron chi connectivity index (χ0n) is 12.5. The first-order valence-electron chi connectivity index (χ1n) is 7.30. The Hall–Kier alpha value is -1.84. The van der Waals surface area contributed by atoms with Crippen LogP contribution >= 0.6 is 15.9 Å². The minimum absolute atomic E-state index is 0.569. The molecular weight excluding hydrogens is 338 g/mol. The third-order valence-electron chi connectivity index (χ3n) is 3.65. The van der Waals surface area contributed by atoms with E-state index in [9.17, 15) is 0 Å². The van der Waals surface area contributed by atoms with E-state index < -0.39 is 0 Å². The van der Waals surface area contributed by atoms with Gasteiger partial charge in [0.25, 0.3) is 0 Å². The maximum atomic E-state index is 6.08. The van der Waals surface area contributed by atoms with Gasteiger partial charge in [-0.15, -0.1) is 0 Å². The number of halogens is 1. The van der Waals surface area contributed by atoms with Crippen LogP contribution in [0.4, 0.5) is 0 Å². The van der Waals surface area contributed by atoms with Gasteiger partial charge in [-0.05, 0) is 41.6 Å². The molecule has 0 aliphatic carbocycles. The summed E-state index contributed by atoms with van der Waals surface area (Å²) < 4.78 is 7.14. The largest absolute Gasteiger partial charge is 0.489 e.